The molecule has 6 heteroatoms. The molecule has 0 bridgehead atoms. The summed E-state index contributed by atoms with van der Waals surface area (Å²) < 4.78 is 17.0. The molecule has 6 nitrogen and oxygen atoms in total. The molecule has 0 spiro atoms. The highest BCUT2D eigenvalue weighted by atomic mass is 16.6. The van der Waals surface area contributed by atoms with Crippen LogP contribution in [0.25, 0.3) is 0 Å². The summed E-state index contributed by atoms with van der Waals surface area (Å²) >= 11 is 0. The van der Waals surface area contributed by atoms with Crippen molar-refractivity contribution in [3.63, 3.8) is 0 Å². The van der Waals surface area contributed by atoms with Crippen molar-refractivity contribution in [2.75, 3.05) is 13.2 Å². The van der Waals surface area contributed by atoms with E-state index < -0.39 is 6.10 Å². The average Bonchev–Trinajstić information content (AvgIpc) is 3.41. The lowest BCUT2D eigenvalue weighted by atomic mass is 9.99. The maximum absolute atomic E-state index is 12.9. The Hall–Kier alpha value is -1.59. The Morgan fingerprint density at radius 2 is 0.467 bits per heavy atom. The summed E-state index contributed by atoms with van der Waals surface area (Å²) in [6.45, 7) is 11.5. The fraction of sp³-hybridized carbons (Fsp3) is 0.957. The first kappa shape index (κ1) is 73.4. The number of hydrogen-bond acceptors (Lipinski definition) is 6. The molecule has 0 rings (SSSR count). The number of carbonyl (C=O) groups is 3. The Bertz CT molecular complexity index is 1160. The molecule has 0 aliphatic heterocycles. The Morgan fingerprint density at radius 1 is 0.267 bits per heavy atom. The molecule has 75 heavy (non-hydrogen) atoms. The van der Waals surface area contributed by atoms with Gasteiger partial charge in [-0.3, -0.25) is 14.4 Å². The van der Waals surface area contributed by atoms with Crippen LogP contribution in [-0.2, 0) is 28.6 Å². The van der Waals surface area contributed by atoms with Gasteiger partial charge in [0.2, 0.25) is 0 Å². The minimum absolute atomic E-state index is 0.0613. The van der Waals surface area contributed by atoms with Crippen molar-refractivity contribution in [3.8, 4) is 0 Å². The zero-order valence-corrected chi connectivity index (χ0v) is 51.7. The monoisotopic (exact) mass is 1060 g/mol. The van der Waals surface area contributed by atoms with Gasteiger partial charge in [-0.05, 0) is 31.1 Å². The number of carbonyl (C=O) groups excluding carboxylic acids is 3. The first-order valence-electron chi connectivity index (χ1n) is 34.3. The number of unbranched alkanes of at least 4 members (excludes halogenated alkanes) is 46. The van der Waals surface area contributed by atoms with Crippen LogP contribution in [0.3, 0.4) is 0 Å². The standard InChI is InChI=1S/C69H134O6/c1-6-9-10-11-12-13-14-15-16-19-24-31-36-41-46-51-56-61-69(72)75-66(63-74-68(71)60-55-50-45-40-35-30-26-25-28-33-38-43-48-53-58-65(5)8-3)62-73-67(70)59-54-49-44-39-34-29-23-21-18-17-20-22-27-32-37-42-47-52-57-64(4)7-2/h64-66H,6-63H2,1-5H3/t64?,65?,66-/m0/s1. The molecule has 0 N–H and O–H groups in total. The highest BCUT2D eigenvalue weighted by Gasteiger charge is 2.20. The number of ether oxygens (including phenoxy) is 3. The summed E-state index contributed by atoms with van der Waals surface area (Å²) in [7, 11) is 0. The van der Waals surface area contributed by atoms with E-state index in [1.165, 1.54) is 283 Å². The van der Waals surface area contributed by atoms with Crippen molar-refractivity contribution in [1.29, 1.82) is 0 Å². The minimum Gasteiger partial charge on any atom is -0.462 e. The summed E-state index contributed by atoms with van der Waals surface area (Å²) in [5.74, 6) is 0.980. The van der Waals surface area contributed by atoms with E-state index in [9.17, 15) is 14.4 Å². The first-order chi connectivity index (χ1) is 36.8. The van der Waals surface area contributed by atoms with Gasteiger partial charge in [0.1, 0.15) is 13.2 Å². The molecular formula is C69H134O6. The summed E-state index contributed by atoms with van der Waals surface area (Å²) in [5.41, 5.74) is 0. The van der Waals surface area contributed by atoms with Crippen molar-refractivity contribution < 1.29 is 28.6 Å². The number of hydrogen-bond donors (Lipinski definition) is 0. The topological polar surface area (TPSA) is 78.9 Å². The summed E-state index contributed by atoms with van der Waals surface area (Å²) in [6, 6.07) is 0. The molecule has 3 atom stereocenters. The van der Waals surface area contributed by atoms with Gasteiger partial charge in [0.15, 0.2) is 6.10 Å². The van der Waals surface area contributed by atoms with Crippen LogP contribution >= 0.6 is 0 Å². The molecular weight excluding hydrogens is 925 g/mol. The average molecular weight is 1060 g/mol. The highest BCUT2D eigenvalue weighted by molar-refractivity contribution is 5.71. The van der Waals surface area contributed by atoms with Gasteiger partial charge in [0.05, 0.1) is 0 Å². The van der Waals surface area contributed by atoms with E-state index in [0.717, 1.165) is 69.6 Å². The molecule has 0 fully saturated rings. The van der Waals surface area contributed by atoms with E-state index in [1.54, 1.807) is 0 Å². The minimum atomic E-state index is -0.764. The molecule has 0 amide bonds. The molecule has 446 valence electrons. The lowest BCUT2D eigenvalue weighted by Gasteiger charge is -2.18. The van der Waals surface area contributed by atoms with Gasteiger partial charge < -0.3 is 14.2 Å². The highest BCUT2D eigenvalue weighted by Crippen LogP contribution is 2.20. The van der Waals surface area contributed by atoms with Crippen LogP contribution in [0.5, 0.6) is 0 Å². The van der Waals surface area contributed by atoms with E-state index in [1.807, 2.05) is 0 Å². The van der Waals surface area contributed by atoms with Crippen molar-refractivity contribution in [1.82, 2.24) is 0 Å². The third-order valence-corrected chi connectivity index (χ3v) is 16.7. The molecule has 0 saturated heterocycles. The lowest BCUT2D eigenvalue weighted by Crippen LogP contribution is -2.30. The van der Waals surface area contributed by atoms with Gasteiger partial charge >= 0.3 is 17.9 Å². The maximum Gasteiger partial charge on any atom is 0.306 e. The Labute approximate surface area is 469 Å². The van der Waals surface area contributed by atoms with Crippen molar-refractivity contribution in [2.24, 2.45) is 11.8 Å². The van der Waals surface area contributed by atoms with Crippen LogP contribution in [-0.4, -0.2) is 37.2 Å². The van der Waals surface area contributed by atoms with Gasteiger partial charge in [-0.15, -0.1) is 0 Å². The smallest absolute Gasteiger partial charge is 0.306 e. The maximum atomic E-state index is 12.9. The van der Waals surface area contributed by atoms with E-state index in [-0.39, 0.29) is 31.1 Å². The van der Waals surface area contributed by atoms with Crippen LogP contribution < -0.4 is 0 Å². The van der Waals surface area contributed by atoms with Crippen molar-refractivity contribution in [3.05, 3.63) is 0 Å². The Balaban J connectivity index is 4.27. The summed E-state index contributed by atoms with van der Waals surface area (Å²) in [5, 5.41) is 0. The van der Waals surface area contributed by atoms with E-state index in [2.05, 4.69) is 34.6 Å². The second-order valence-corrected chi connectivity index (χ2v) is 24.3. The van der Waals surface area contributed by atoms with Crippen LogP contribution in [0.1, 0.15) is 394 Å². The number of rotatable bonds is 63. The lowest BCUT2D eigenvalue weighted by molar-refractivity contribution is -0.167. The third-order valence-electron chi connectivity index (χ3n) is 16.7. The second-order valence-electron chi connectivity index (χ2n) is 24.3. The van der Waals surface area contributed by atoms with Crippen LogP contribution in [0.4, 0.5) is 0 Å². The normalized spacial score (nSPS) is 12.8. The zero-order chi connectivity index (χ0) is 54.6. The summed E-state index contributed by atoms with van der Waals surface area (Å²) in [4.78, 5) is 38.4. The van der Waals surface area contributed by atoms with Crippen LogP contribution in [0.15, 0.2) is 0 Å². The Kier molecular flexibility index (Phi) is 60.3. The van der Waals surface area contributed by atoms with Gasteiger partial charge in [0, 0.05) is 19.3 Å². The van der Waals surface area contributed by atoms with E-state index in [0.29, 0.717) is 19.3 Å². The molecule has 0 radical (unpaired) electrons. The quantitative estimate of drug-likeness (QED) is 0.0343. The molecule has 0 heterocycles. The second kappa shape index (κ2) is 61.6. The van der Waals surface area contributed by atoms with E-state index in [4.69, 9.17) is 14.2 Å². The molecule has 0 aromatic carbocycles. The third kappa shape index (κ3) is 59.9. The van der Waals surface area contributed by atoms with Gasteiger partial charge in [0.25, 0.3) is 0 Å². The Morgan fingerprint density at radius 3 is 0.693 bits per heavy atom. The molecule has 0 aliphatic rings. The molecule has 0 aromatic heterocycles. The fourth-order valence-corrected chi connectivity index (χ4v) is 10.8. The van der Waals surface area contributed by atoms with Gasteiger partial charge in [-0.1, -0.05) is 356 Å². The zero-order valence-electron chi connectivity index (χ0n) is 51.7. The van der Waals surface area contributed by atoms with Gasteiger partial charge in [-0.2, -0.15) is 0 Å². The molecule has 2 unspecified atom stereocenters. The predicted octanol–water partition coefficient (Wildman–Crippen LogP) is 23.2. The summed E-state index contributed by atoms with van der Waals surface area (Å²) in [6.07, 6.45) is 69.6. The predicted molar refractivity (Wildman–Crippen MR) is 326 cm³/mol. The van der Waals surface area contributed by atoms with E-state index >= 15 is 0 Å². The number of esters is 3. The molecule has 0 aromatic rings. The molecule has 0 saturated carbocycles. The SMILES string of the molecule is CCCCCCCCCCCCCCCCCCCC(=O)O[C@@H](COC(=O)CCCCCCCCCCCCCCCCCCCCC(C)CC)COC(=O)CCCCCCCCCCCCCCCCC(C)CC. The molecule has 0 aliphatic carbocycles. The van der Waals surface area contributed by atoms with Crippen molar-refractivity contribution >= 4 is 17.9 Å². The largest absolute Gasteiger partial charge is 0.462 e. The first-order valence-corrected chi connectivity index (χ1v) is 34.3. The van der Waals surface area contributed by atoms with Crippen LogP contribution in [0.2, 0.25) is 0 Å². The van der Waals surface area contributed by atoms with Crippen LogP contribution in [0, 0.1) is 11.8 Å². The van der Waals surface area contributed by atoms with Gasteiger partial charge in [-0.25, -0.2) is 0 Å². The van der Waals surface area contributed by atoms with Crippen molar-refractivity contribution in [2.45, 2.75) is 400 Å². The fourth-order valence-electron chi connectivity index (χ4n) is 10.8.